The molecule has 1 aromatic heterocycles. The van der Waals surface area contributed by atoms with Gasteiger partial charge < -0.3 is 5.11 Å². The number of hydrogen-bond donors (Lipinski definition) is 1. The van der Waals surface area contributed by atoms with Gasteiger partial charge in [0.1, 0.15) is 5.82 Å². The lowest BCUT2D eigenvalue weighted by atomic mass is 10.1. The van der Waals surface area contributed by atoms with Gasteiger partial charge >= 0.3 is 5.97 Å². The Labute approximate surface area is 184 Å². The summed E-state index contributed by atoms with van der Waals surface area (Å²) in [5.74, 6) is -1.11. The first-order valence-electron chi connectivity index (χ1n) is 10.2. The Morgan fingerprint density at radius 3 is 2.65 bits per heavy atom. The highest BCUT2D eigenvalue weighted by Gasteiger charge is 2.46. The first kappa shape index (κ1) is 21.0. The van der Waals surface area contributed by atoms with Crippen LogP contribution >= 0.6 is 11.3 Å². The Hall–Kier alpha value is -3.30. The molecule has 0 aliphatic heterocycles. The molecule has 1 aliphatic rings. The predicted molar refractivity (Wildman–Crippen MR) is 121 cm³/mol. The van der Waals surface area contributed by atoms with Gasteiger partial charge in [-0.3, -0.25) is 9.79 Å². The molecule has 156 valence electrons. The van der Waals surface area contributed by atoms with Crippen LogP contribution in [0.25, 0.3) is 10.4 Å². The summed E-state index contributed by atoms with van der Waals surface area (Å²) < 4.78 is 13.9. The fraction of sp³-hybridized carbons (Fsp3) is 0.240. The number of thiophene rings is 1. The van der Waals surface area contributed by atoms with Crippen LogP contribution in [0.1, 0.15) is 41.7 Å². The number of carboxylic acid groups (broad SMARTS) is 1. The van der Waals surface area contributed by atoms with Gasteiger partial charge in [-0.05, 0) is 73.7 Å². The minimum Gasteiger partial charge on any atom is -0.481 e. The maximum absolute atomic E-state index is 13.9. The van der Waals surface area contributed by atoms with E-state index in [4.69, 9.17) is 5.11 Å². The summed E-state index contributed by atoms with van der Waals surface area (Å²) in [6, 6.07) is 18.7. The standard InChI is InChI=1S/C25H21FN2O2S/c26-19-6-9-21(22-10-11-23(31-22)25(16-27)12-13-25)18(14-19)15-28-20-7-4-17(5-8-20)2-1-3-24(29)30/h4-11,14-15H,1-3,12-13H2,(H,29,30). The highest BCUT2D eigenvalue weighted by atomic mass is 32.1. The summed E-state index contributed by atoms with van der Waals surface area (Å²) in [7, 11) is 0. The molecule has 0 bridgehead atoms. The number of aliphatic carboxylic acids is 1. The third-order valence-corrected chi connectivity index (χ3v) is 6.79. The average molecular weight is 433 g/mol. The molecular formula is C25H21FN2O2S. The van der Waals surface area contributed by atoms with E-state index in [0.29, 0.717) is 18.4 Å². The van der Waals surface area contributed by atoms with Gasteiger partial charge in [0.25, 0.3) is 0 Å². The zero-order valence-corrected chi connectivity index (χ0v) is 17.7. The van der Waals surface area contributed by atoms with E-state index >= 15 is 0 Å². The maximum Gasteiger partial charge on any atom is 0.303 e. The molecule has 2 aromatic carbocycles. The van der Waals surface area contributed by atoms with E-state index in [1.54, 1.807) is 23.6 Å². The van der Waals surface area contributed by atoms with Crippen molar-refractivity contribution in [1.82, 2.24) is 0 Å². The van der Waals surface area contributed by atoms with Crippen LogP contribution < -0.4 is 0 Å². The van der Waals surface area contributed by atoms with E-state index in [0.717, 1.165) is 39.4 Å². The molecule has 0 radical (unpaired) electrons. The average Bonchev–Trinajstić information content (AvgIpc) is 3.41. The number of hydrogen-bond acceptors (Lipinski definition) is 4. The molecule has 6 heteroatoms. The topological polar surface area (TPSA) is 73.5 Å². The van der Waals surface area contributed by atoms with Gasteiger partial charge in [0.2, 0.25) is 0 Å². The summed E-state index contributed by atoms with van der Waals surface area (Å²) in [4.78, 5) is 17.2. The summed E-state index contributed by atoms with van der Waals surface area (Å²) in [5.41, 5.74) is 3.04. The molecule has 1 aliphatic carbocycles. The summed E-state index contributed by atoms with van der Waals surface area (Å²) in [6.45, 7) is 0. The Bertz CT molecular complexity index is 1170. The number of carbonyl (C=O) groups is 1. The van der Waals surface area contributed by atoms with Crippen molar-refractivity contribution in [3.05, 3.63) is 76.4 Å². The molecule has 1 fully saturated rings. The van der Waals surface area contributed by atoms with Crippen LogP contribution in [0.15, 0.2) is 59.6 Å². The molecule has 4 rings (SSSR count). The van der Waals surface area contributed by atoms with Gasteiger partial charge in [0.15, 0.2) is 0 Å². The number of benzene rings is 2. The van der Waals surface area contributed by atoms with Crippen LogP contribution in [-0.4, -0.2) is 17.3 Å². The number of nitrogens with zero attached hydrogens (tertiary/aromatic N) is 2. The second-order valence-electron chi connectivity index (χ2n) is 7.76. The Balaban J connectivity index is 1.52. The van der Waals surface area contributed by atoms with E-state index in [-0.39, 0.29) is 17.7 Å². The van der Waals surface area contributed by atoms with Gasteiger partial charge in [-0.25, -0.2) is 4.39 Å². The van der Waals surface area contributed by atoms with Gasteiger partial charge in [0.05, 0.1) is 17.2 Å². The van der Waals surface area contributed by atoms with Gasteiger partial charge in [-0.15, -0.1) is 11.3 Å². The fourth-order valence-electron chi connectivity index (χ4n) is 3.48. The first-order chi connectivity index (χ1) is 15.0. The molecule has 1 N–H and O–H groups in total. The lowest BCUT2D eigenvalue weighted by Crippen LogP contribution is -1.97. The van der Waals surface area contributed by atoms with Crippen molar-refractivity contribution < 1.29 is 14.3 Å². The molecule has 0 saturated heterocycles. The van der Waals surface area contributed by atoms with E-state index in [1.165, 1.54) is 12.1 Å². The molecule has 1 heterocycles. The van der Waals surface area contributed by atoms with Gasteiger partial charge in [-0.1, -0.05) is 12.1 Å². The molecule has 4 nitrogen and oxygen atoms in total. The molecule has 1 saturated carbocycles. The van der Waals surface area contributed by atoms with Crippen molar-refractivity contribution in [1.29, 1.82) is 5.26 Å². The molecule has 0 spiro atoms. The monoisotopic (exact) mass is 432 g/mol. The van der Waals surface area contributed by atoms with E-state index in [1.807, 2.05) is 36.4 Å². The highest BCUT2D eigenvalue weighted by Crippen LogP contribution is 2.51. The summed E-state index contributed by atoms with van der Waals surface area (Å²) in [6.07, 6.45) is 4.91. The Morgan fingerprint density at radius 1 is 1.19 bits per heavy atom. The third kappa shape index (κ3) is 4.89. The van der Waals surface area contributed by atoms with Crippen molar-refractivity contribution in [2.45, 2.75) is 37.5 Å². The van der Waals surface area contributed by atoms with Crippen molar-refractivity contribution in [3.63, 3.8) is 0 Å². The quantitative estimate of drug-likeness (QED) is 0.427. The van der Waals surface area contributed by atoms with Crippen molar-refractivity contribution in [2.75, 3.05) is 0 Å². The van der Waals surface area contributed by atoms with E-state index in [9.17, 15) is 14.4 Å². The number of aryl methyl sites for hydroxylation is 1. The molecule has 0 unspecified atom stereocenters. The van der Waals surface area contributed by atoms with Crippen LogP contribution in [0.4, 0.5) is 10.1 Å². The van der Waals surface area contributed by atoms with E-state index < -0.39 is 5.97 Å². The van der Waals surface area contributed by atoms with E-state index in [2.05, 4.69) is 11.1 Å². The van der Waals surface area contributed by atoms with Crippen LogP contribution in [0, 0.1) is 17.1 Å². The molecule has 3 aromatic rings. The first-order valence-corrected chi connectivity index (χ1v) is 11.0. The van der Waals surface area contributed by atoms with Crippen molar-refractivity contribution in [3.8, 4) is 16.5 Å². The minimum atomic E-state index is -0.787. The van der Waals surface area contributed by atoms with Gasteiger partial charge in [0, 0.05) is 33.5 Å². The fourth-order valence-corrected chi connectivity index (χ4v) is 4.73. The second kappa shape index (κ2) is 8.83. The zero-order chi connectivity index (χ0) is 21.8. The summed E-state index contributed by atoms with van der Waals surface area (Å²) in [5, 5.41) is 18.2. The number of halogens is 1. The second-order valence-corrected chi connectivity index (χ2v) is 8.85. The van der Waals surface area contributed by atoms with Crippen molar-refractivity contribution in [2.24, 2.45) is 4.99 Å². The number of aliphatic imine (C=N–C) groups is 1. The lowest BCUT2D eigenvalue weighted by Gasteiger charge is -2.05. The molecular weight excluding hydrogens is 411 g/mol. The Morgan fingerprint density at radius 2 is 1.97 bits per heavy atom. The molecule has 0 amide bonds. The summed E-state index contributed by atoms with van der Waals surface area (Å²) >= 11 is 1.58. The normalized spacial score (nSPS) is 14.5. The number of rotatable bonds is 8. The Kier molecular flexibility index (Phi) is 5.97. The third-order valence-electron chi connectivity index (χ3n) is 5.47. The maximum atomic E-state index is 13.9. The number of carboxylic acids is 1. The number of nitriles is 1. The molecule has 31 heavy (non-hydrogen) atoms. The van der Waals surface area contributed by atoms with Crippen LogP contribution in [-0.2, 0) is 16.6 Å². The largest absolute Gasteiger partial charge is 0.481 e. The van der Waals surface area contributed by atoms with Gasteiger partial charge in [-0.2, -0.15) is 5.26 Å². The lowest BCUT2D eigenvalue weighted by molar-refractivity contribution is -0.137. The van der Waals surface area contributed by atoms with Crippen molar-refractivity contribution >= 4 is 29.2 Å². The highest BCUT2D eigenvalue weighted by molar-refractivity contribution is 7.15. The van der Waals surface area contributed by atoms with Crippen LogP contribution in [0.2, 0.25) is 0 Å². The van der Waals surface area contributed by atoms with Crippen LogP contribution in [0.3, 0.4) is 0 Å². The SMILES string of the molecule is N#CC1(c2ccc(-c3ccc(F)cc3C=Nc3ccc(CCCC(=O)O)cc3)s2)CC1. The molecule has 0 atom stereocenters. The smallest absolute Gasteiger partial charge is 0.303 e. The minimum absolute atomic E-state index is 0.155. The zero-order valence-electron chi connectivity index (χ0n) is 16.8. The van der Waals surface area contributed by atoms with Crippen LogP contribution in [0.5, 0.6) is 0 Å². The predicted octanol–water partition coefficient (Wildman–Crippen LogP) is 6.27.